The minimum Gasteiger partial charge on any atom is -0.388 e. The van der Waals surface area contributed by atoms with E-state index in [1.165, 1.54) is 18.2 Å². The van der Waals surface area contributed by atoms with Crippen molar-refractivity contribution < 1.29 is 13.9 Å². The maximum absolute atomic E-state index is 13.6. The zero-order valence-electron chi connectivity index (χ0n) is 10.6. The van der Waals surface area contributed by atoms with Crippen molar-refractivity contribution in [2.75, 3.05) is 0 Å². The fraction of sp³-hybridized carbons (Fsp3) is 0.385. The molecule has 1 N–H and O–H groups in total. The van der Waals surface area contributed by atoms with E-state index in [4.69, 9.17) is 5.11 Å². The first-order chi connectivity index (χ1) is 9.17. The Labute approximate surface area is 109 Å². The molecule has 2 aromatic rings. The van der Waals surface area contributed by atoms with Crippen LogP contribution in [0, 0.1) is 11.6 Å². The predicted molar refractivity (Wildman–Crippen MR) is 65.4 cm³/mol. The quantitative estimate of drug-likeness (QED) is 0.902. The van der Waals surface area contributed by atoms with Gasteiger partial charge in [-0.05, 0) is 18.6 Å². The van der Waals surface area contributed by atoms with E-state index in [1.807, 2.05) is 6.92 Å². The lowest BCUT2D eigenvalue weighted by Gasteiger charge is -2.08. The zero-order valence-corrected chi connectivity index (χ0v) is 10.6. The number of hydrogen-bond donors (Lipinski definition) is 1. The second-order valence-electron chi connectivity index (χ2n) is 4.22. The predicted octanol–water partition coefficient (Wildman–Crippen LogP) is 2.05. The Bertz CT molecular complexity index is 549. The van der Waals surface area contributed by atoms with Crippen molar-refractivity contribution in [2.24, 2.45) is 0 Å². The van der Waals surface area contributed by atoms with E-state index >= 15 is 0 Å². The lowest BCUT2D eigenvalue weighted by molar-refractivity contribution is 0.264. The molecule has 19 heavy (non-hydrogen) atoms. The second kappa shape index (κ2) is 5.88. The van der Waals surface area contributed by atoms with Crippen LogP contribution in [0.4, 0.5) is 8.78 Å². The van der Waals surface area contributed by atoms with E-state index in [-0.39, 0.29) is 18.6 Å². The average molecular weight is 267 g/mol. The third-order valence-corrected chi connectivity index (χ3v) is 2.89. The fourth-order valence-electron chi connectivity index (χ4n) is 1.96. The third-order valence-electron chi connectivity index (χ3n) is 2.89. The molecule has 1 aromatic heterocycles. The highest BCUT2D eigenvalue weighted by Gasteiger charge is 2.15. The van der Waals surface area contributed by atoms with Gasteiger partial charge in [0.15, 0.2) is 5.82 Å². The van der Waals surface area contributed by atoms with Gasteiger partial charge in [-0.1, -0.05) is 13.0 Å². The van der Waals surface area contributed by atoms with E-state index < -0.39 is 11.6 Å². The number of hydrogen-bond acceptors (Lipinski definition) is 3. The summed E-state index contributed by atoms with van der Waals surface area (Å²) in [6.07, 6.45) is 0.837. The van der Waals surface area contributed by atoms with Crippen LogP contribution >= 0.6 is 0 Å². The molecule has 0 saturated carbocycles. The zero-order chi connectivity index (χ0) is 13.8. The fourth-order valence-corrected chi connectivity index (χ4v) is 1.96. The Hall–Kier alpha value is -1.82. The van der Waals surface area contributed by atoms with Gasteiger partial charge in [0.2, 0.25) is 0 Å². The van der Waals surface area contributed by atoms with Crippen molar-refractivity contribution >= 4 is 0 Å². The molecule has 0 aliphatic heterocycles. The van der Waals surface area contributed by atoms with Gasteiger partial charge in [0, 0.05) is 18.5 Å². The molecule has 102 valence electrons. The lowest BCUT2D eigenvalue weighted by atomic mass is 10.1. The van der Waals surface area contributed by atoms with Crippen LogP contribution in [-0.4, -0.2) is 19.9 Å². The van der Waals surface area contributed by atoms with Crippen molar-refractivity contribution in [2.45, 2.75) is 32.9 Å². The van der Waals surface area contributed by atoms with Crippen molar-refractivity contribution in [1.29, 1.82) is 0 Å². The molecule has 0 spiro atoms. The smallest absolute Gasteiger partial charge is 0.158 e. The summed E-state index contributed by atoms with van der Waals surface area (Å²) < 4.78 is 28.9. The van der Waals surface area contributed by atoms with Crippen LogP contribution in [0.5, 0.6) is 0 Å². The molecule has 6 heteroatoms. The summed E-state index contributed by atoms with van der Waals surface area (Å²) in [5.41, 5.74) is -0.0308. The number of aliphatic hydroxyl groups excluding tert-OH is 1. The monoisotopic (exact) mass is 267 g/mol. The largest absolute Gasteiger partial charge is 0.388 e. The van der Waals surface area contributed by atoms with Gasteiger partial charge >= 0.3 is 0 Å². The molecule has 0 saturated heterocycles. The van der Waals surface area contributed by atoms with Crippen LogP contribution < -0.4 is 0 Å². The van der Waals surface area contributed by atoms with E-state index in [9.17, 15) is 8.78 Å². The molecule has 0 amide bonds. The average Bonchev–Trinajstić information content (AvgIpc) is 2.77. The highest BCUT2D eigenvalue weighted by molar-refractivity contribution is 5.23. The van der Waals surface area contributed by atoms with E-state index in [1.54, 1.807) is 4.57 Å². The number of rotatable bonds is 5. The Morgan fingerprint density at radius 2 is 1.79 bits per heavy atom. The first-order valence-electron chi connectivity index (χ1n) is 6.12. The third kappa shape index (κ3) is 2.78. The van der Waals surface area contributed by atoms with Gasteiger partial charge in [-0.3, -0.25) is 0 Å². The molecule has 0 aliphatic carbocycles. The Morgan fingerprint density at radius 1 is 1.16 bits per heavy atom. The number of benzene rings is 1. The molecular weight excluding hydrogens is 252 g/mol. The lowest BCUT2D eigenvalue weighted by Crippen LogP contribution is -2.09. The number of aromatic nitrogens is 3. The summed E-state index contributed by atoms with van der Waals surface area (Å²) in [5.74, 6) is -0.336. The maximum Gasteiger partial charge on any atom is 0.158 e. The van der Waals surface area contributed by atoms with E-state index in [2.05, 4.69) is 10.2 Å². The second-order valence-corrected chi connectivity index (χ2v) is 4.22. The summed E-state index contributed by atoms with van der Waals surface area (Å²) in [6.45, 7) is 2.33. The van der Waals surface area contributed by atoms with Crippen LogP contribution in [-0.2, 0) is 19.6 Å². The van der Waals surface area contributed by atoms with Crippen LogP contribution in [0.2, 0.25) is 0 Å². The standard InChI is InChI=1S/C13H15F2N3O/c1-2-6-18-12(16-17-13(18)8-19)7-9-10(14)4-3-5-11(9)15/h3-5,19H,2,6-8H2,1H3. The number of nitrogens with zero attached hydrogens (tertiary/aromatic N) is 3. The van der Waals surface area contributed by atoms with Crippen molar-refractivity contribution in [3.63, 3.8) is 0 Å². The number of halogens is 2. The Kier molecular flexibility index (Phi) is 4.21. The normalized spacial score (nSPS) is 10.9. The first-order valence-corrected chi connectivity index (χ1v) is 6.12. The van der Waals surface area contributed by atoms with Gasteiger partial charge in [-0.25, -0.2) is 8.78 Å². The minimum atomic E-state index is -0.600. The molecule has 4 nitrogen and oxygen atoms in total. The molecule has 1 aromatic carbocycles. The molecule has 1 heterocycles. The molecular formula is C13H15F2N3O. The van der Waals surface area contributed by atoms with Crippen LogP contribution in [0.3, 0.4) is 0 Å². The van der Waals surface area contributed by atoms with Crippen LogP contribution in [0.1, 0.15) is 30.6 Å². The Balaban J connectivity index is 2.35. The van der Waals surface area contributed by atoms with Crippen molar-refractivity contribution in [3.05, 3.63) is 47.0 Å². The van der Waals surface area contributed by atoms with Gasteiger partial charge in [-0.15, -0.1) is 10.2 Å². The SMILES string of the molecule is CCCn1c(CO)nnc1Cc1c(F)cccc1F. The summed E-state index contributed by atoms with van der Waals surface area (Å²) in [4.78, 5) is 0. The summed E-state index contributed by atoms with van der Waals surface area (Å²) >= 11 is 0. The molecule has 0 atom stereocenters. The van der Waals surface area contributed by atoms with Crippen LogP contribution in [0.15, 0.2) is 18.2 Å². The van der Waals surface area contributed by atoms with Gasteiger partial charge in [0.1, 0.15) is 24.1 Å². The van der Waals surface area contributed by atoms with Gasteiger partial charge in [0.05, 0.1) is 0 Å². The topological polar surface area (TPSA) is 50.9 Å². The molecule has 0 aliphatic rings. The highest BCUT2D eigenvalue weighted by atomic mass is 19.1. The van der Waals surface area contributed by atoms with Gasteiger partial charge in [-0.2, -0.15) is 0 Å². The molecule has 0 fully saturated rings. The van der Waals surface area contributed by atoms with Gasteiger partial charge < -0.3 is 9.67 Å². The molecule has 2 rings (SSSR count). The van der Waals surface area contributed by atoms with Crippen molar-refractivity contribution in [3.8, 4) is 0 Å². The summed E-state index contributed by atoms with van der Waals surface area (Å²) in [7, 11) is 0. The molecule has 0 radical (unpaired) electrons. The Morgan fingerprint density at radius 3 is 2.37 bits per heavy atom. The highest BCUT2D eigenvalue weighted by Crippen LogP contribution is 2.17. The van der Waals surface area contributed by atoms with Gasteiger partial charge in [0.25, 0.3) is 0 Å². The molecule has 0 unspecified atom stereocenters. The van der Waals surface area contributed by atoms with E-state index in [0.29, 0.717) is 18.2 Å². The summed E-state index contributed by atoms with van der Waals surface area (Å²) in [6, 6.07) is 3.75. The van der Waals surface area contributed by atoms with E-state index in [0.717, 1.165) is 6.42 Å². The summed E-state index contributed by atoms with van der Waals surface area (Å²) in [5, 5.41) is 16.9. The maximum atomic E-state index is 13.6. The molecule has 0 bridgehead atoms. The van der Waals surface area contributed by atoms with Crippen LogP contribution in [0.25, 0.3) is 0 Å². The van der Waals surface area contributed by atoms with Crippen molar-refractivity contribution in [1.82, 2.24) is 14.8 Å². The number of aliphatic hydroxyl groups is 1. The minimum absolute atomic E-state index is 0.0194. The first kappa shape index (κ1) is 13.6.